The molecule has 1 N–H and O–H groups in total. The van der Waals surface area contributed by atoms with Gasteiger partial charge >= 0.3 is 0 Å². The molecule has 0 aliphatic carbocycles. The number of fused-ring (bicyclic) bond motifs is 1. The lowest BCUT2D eigenvalue weighted by atomic mass is 10.1. The predicted octanol–water partition coefficient (Wildman–Crippen LogP) is 4.80. The van der Waals surface area contributed by atoms with Crippen LogP contribution in [0.15, 0.2) is 50.5 Å². The van der Waals surface area contributed by atoms with Crippen LogP contribution in [-0.4, -0.2) is 37.1 Å². The van der Waals surface area contributed by atoms with E-state index in [4.69, 9.17) is 5.41 Å². The van der Waals surface area contributed by atoms with Gasteiger partial charge in [0.1, 0.15) is 0 Å². The molecule has 9 heteroatoms. The van der Waals surface area contributed by atoms with Gasteiger partial charge in [0.2, 0.25) is 5.17 Å². The Hall–Kier alpha value is -2.10. The first kappa shape index (κ1) is 19.2. The fourth-order valence-electron chi connectivity index (χ4n) is 3.13. The number of nitrogens with zero attached hydrogens (tertiary/aromatic N) is 4. The summed E-state index contributed by atoms with van der Waals surface area (Å²) in [4.78, 5) is 16.7. The first-order valence-corrected chi connectivity index (χ1v) is 11.2. The van der Waals surface area contributed by atoms with E-state index in [2.05, 4.69) is 30.6 Å². The number of aryl methyl sites for hydroxylation is 1. The van der Waals surface area contributed by atoms with Crippen LogP contribution in [0.1, 0.15) is 17.0 Å². The molecule has 4 rings (SSSR count). The number of carbonyl (C=O) groups excluding carboxylic acids is 1. The number of hydrazone groups is 1. The van der Waals surface area contributed by atoms with Gasteiger partial charge < -0.3 is 4.57 Å². The Morgan fingerprint density at radius 3 is 2.64 bits per heavy atom. The van der Waals surface area contributed by atoms with Gasteiger partial charge in [0.15, 0.2) is 10.2 Å². The largest absolute Gasteiger partial charge is 0.318 e. The van der Waals surface area contributed by atoms with Crippen molar-refractivity contribution in [2.24, 2.45) is 10.1 Å². The van der Waals surface area contributed by atoms with E-state index < -0.39 is 5.91 Å². The highest BCUT2D eigenvalue weighted by Gasteiger charge is 2.35. The summed E-state index contributed by atoms with van der Waals surface area (Å²) in [6, 6.07) is 10.1. The van der Waals surface area contributed by atoms with Crippen LogP contribution in [-0.2, 0) is 4.79 Å². The number of carbonyl (C=O) groups is 1. The molecule has 0 saturated carbocycles. The number of amidine groups is 2. The Morgan fingerprint density at radius 2 is 1.96 bits per heavy atom. The Bertz CT molecular complexity index is 1100. The van der Waals surface area contributed by atoms with Crippen LogP contribution in [0, 0.1) is 19.3 Å². The van der Waals surface area contributed by atoms with Gasteiger partial charge in [0.25, 0.3) is 5.91 Å². The van der Waals surface area contributed by atoms with Crippen LogP contribution in [0.25, 0.3) is 11.8 Å². The van der Waals surface area contributed by atoms with Gasteiger partial charge in [0, 0.05) is 21.5 Å². The van der Waals surface area contributed by atoms with Crippen LogP contribution in [0.4, 0.5) is 0 Å². The minimum Gasteiger partial charge on any atom is -0.318 e. The van der Waals surface area contributed by atoms with Crippen molar-refractivity contribution in [2.45, 2.75) is 13.8 Å². The number of amides is 1. The van der Waals surface area contributed by atoms with Gasteiger partial charge in [-0.15, -0.1) is 16.9 Å². The summed E-state index contributed by atoms with van der Waals surface area (Å²) < 4.78 is 3.91. The number of rotatable bonds is 2. The number of aliphatic imine (C=N–C) groups is 1. The number of thioether (sulfide) groups is 2. The fraction of sp³-hybridized carbons (Fsp3) is 0.158. The van der Waals surface area contributed by atoms with E-state index in [9.17, 15) is 4.79 Å². The summed E-state index contributed by atoms with van der Waals surface area (Å²) in [5.74, 6) is -0.352. The zero-order chi connectivity index (χ0) is 20.0. The maximum atomic E-state index is 12.6. The van der Waals surface area contributed by atoms with Gasteiger partial charge in [-0.2, -0.15) is 10.0 Å². The summed E-state index contributed by atoms with van der Waals surface area (Å²) >= 11 is 6.24. The molecule has 1 amide bonds. The summed E-state index contributed by atoms with van der Waals surface area (Å²) in [5, 5.41) is 14.7. The molecule has 0 bridgehead atoms. The molecule has 142 valence electrons. The fourth-order valence-corrected chi connectivity index (χ4v) is 4.74. The average Bonchev–Trinajstić information content (AvgIpc) is 3.20. The van der Waals surface area contributed by atoms with Crippen LogP contribution in [0.5, 0.6) is 0 Å². The standard InChI is InChI=1S/C19H16BrN5OS2/c1-10-8-12(11(2)24(10)14-6-4-13(20)5-7-14)9-15-16(21)25-18(22-17(15)26)28-19(23-25)27-3/h4-9,21H,1-3H3/b15-9-,21-16?. The Morgan fingerprint density at radius 1 is 1.25 bits per heavy atom. The molecule has 0 spiro atoms. The first-order valence-electron chi connectivity index (χ1n) is 8.38. The van der Waals surface area contributed by atoms with Gasteiger partial charge in [-0.1, -0.05) is 15.9 Å². The minimum absolute atomic E-state index is 0.0556. The predicted molar refractivity (Wildman–Crippen MR) is 121 cm³/mol. The summed E-state index contributed by atoms with van der Waals surface area (Å²) in [5.41, 5.74) is 4.20. The lowest BCUT2D eigenvalue weighted by Crippen LogP contribution is -2.35. The summed E-state index contributed by atoms with van der Waals surface area (Å²) in [6.07, 6.45) is 3.64. The highest BCUT2D eigenvalue weighted by molar-refractivity contribution is 9.10. The second-order valence-corrected chi connectivity index (χ2v) is 9.15. The highest BCUT2D eigenvalue weighted by atomic mass is 79.9. The SMILES string of the molecule is CSC1=NN2C(=N)/C(=C/c3cc(C)n(-c4ccc(Br)cc4)c3C)C(=O)N=C2S1. The molecule has 0 unspecified atom stereocenters. The van der Waals surface area contributed by atoms with Gasteiger partial charge in [-0.3, -0.25) is 10.2 Å². The smallest absolute Gasteiger partial charge is 0.283 e. The number of hydrogen-bond acceptors (Lipinski definition) is 5. The van der Waals surface area contributed by atoms with Crippen LogP contribution in [0.2, 0.25) is 0 Å². The monoisotopic (exact) mass is 473 g/mol. The number of halogens is 1. The Kier molecular flexibility index (Phi) is 5.07. The van der Waals surface area contributed by atoms with Gasteiger partial charge in [-0.25, -0.2) is 0 Å². The van der Waals surface area contributed by atoms with Crippen molar-refractivity contribution in [3.05, 3.63) is 57.3 Å². The van der Waals surface area contributed by atoms with E-state index in [0.29, 0.717) is 5.17 Å². The molecule has 0 atom stereocenters. The molecule has 0 fully saturated rings. The third-order valence-electron chi connectivity index (χ3n) is 4.47. The molecule has 1 aromatic heterocycles. The molecule has 1 aromatic carbocycles. The maximum absolute atomic E-state index is 12.6. The molecule has 3 heterocycles. The van der Waals surface area contributed by atoms with Crippen LogP contribution >= 0.6 is 39.5 Å². The van der Waals surface area contributed by atoms with Crippen molar-refractivity contribution in [1.29, 1.82) is 5.41 Å². The van der Waals surface area contributed by atoms with E-state index in [1.165, 1.54) is 28.5 Å². The minimum atomic E-state index is -0.408. The highest BCUT2D eigenvalue weighted by Crippen LogP contribution is 2.32. The van der Waals surface area contributed by atoms with Crippen molar-refractivity contribution in [2.75, 3.05) is 6.26 Å². The molecule has 28 heavy (non-hydrogen) atoms. The van der Waals surface area contributed by atoms with Crippen molar-refractivity contribution in [3.8, 4) is 5.69 Å². The number of hydrogen-bond donors (Lipinski definition) is 1. The molecule has 0 radical (unpaired) electrons. The van der Waals surface area contributed by atoms with Crippen molar-refractivity contribution < 1.29 is 4.79 Å². The average molecular weight is 474 g/mol. The van der Waals surface area contributed by atoms with E-state index in [1.54, 1.807) is 6.08 Å². The van der Waals surface area contributed by atoms with E-state index >= 15 is 0 Å². The van der Waals surface area contributed by atoms with Crippen molar-refractivity contribution in [1.82, 2.24) is 9.58 Å². The normalized spacial score (nSPS) is 17.9. The molecular formula is C19H16BrN5OS2. The number of benzene rings is 1. The summed E-state index contributed by atoms with van der Waals surface area (Å²) in [7, 11) is 0. The van der Waals surface area contributed by atoms with Crippen molar-refractivity contribution >= 4 is 66.8 Å². The number of nitrogens with one attached hydrogen (secondary N) is 1. The molecule has 2 aromatic rings. The quantitative estimate of drug-likeness (QED) is 0.635. The van der Waals surface area contributed by atoms with E-state index in [0.717, 1.165) is 31.5 Å². The summed E-state index contributed by atoms with van der Waals surface area (Å²) in [6.45, 7) is 4.02. The zero-order valence-corrected chi connectivity index (χ0v) is 18.6. The zero-order valence-electron chi connectivity index (χ0n) is 15.4. The lowest BCUT2D eigenvalue weighted by Gasteiger charge is -2.20. The van der Waals surface area contributed by atoms with E-state index in [-0.39, 0.29) is 11.4 Å². The topological polar surface area (TPSA) is 73.8 Å². The Balaban J connectivity index is 1.75. The first-order chi connectivity index (χ1) is 13.4. The van der Waals surface area contributed by atoms with Gasteiger partial charge in [-0.05, 0) is 73.8 Å². The Labute approximate surface area is 179 Å². The molecule has 6 nitrogen and oxygen atoms in total. The van der Waals surface area contributed by atoms with Crippen LogP contribution in [0.3, 0.4) is 0 Å². The second kappa shape index (κ2) is 7.38. The third kappa shape index (κ3) is 3.27. The molecular weight excluding hydrogens is 458 g/mol. The molecule has 2 aliphatic rings. The van der Waals surface area contributed by atoms with Crippen molar-refractivity contribution in [3.63, 3.8) is 0 Å². The second-order valence-electron chi connectivity index (χ2n) is 6.23. The van der Waals surface area contributed by atoms with Crippen LogP contribution < -0.4 is 0 Å². The molecule has 0 saturated heterocycles. The van der Waals surface area contributed by atoms with E-state index in [1.807, 2.05) is 50.4 Å². The number of aromatic nitrogens is 1. The van der Waals surface area contributed by atoms with Gasteiger partial charge in [0.05, 0.1) is 5.57 Å². The lowest BCUT2D eigenvalue weighted by molar-refractivity contribution is -0.114. The molecule has 2 aliphatic heterocycles. The maximum Gasteiger partial charge on any atom is 0.283 e. The third-order valence-corrected chi connectivity index (χ3v) is 6.88.